The molecule has 1 unspecified atom stereocenters. The molecule has 0 aliphatic carbocycles. The quantitative estimate of drug-likeness (QED) is 0.843. The summed E-state index contributed by atoms with van der Waals surface area (Å²) >= 11 is 1.51. The summed E-state index contributed by atoms with van der Waals surface area (Å²) in [7, 11) is 0. The van der Waals surface area contributed by atoms with E-state index < -0.39 is 0 Å². The summed E-state index contributed by atoms with van der Waals surface area (Å²) in [4.78, 5) is 16.1. The van der Waals surface area contributed by atoms with Crippen molar-refractivity contribution in [3.63, 3.8) is 0 Å². The van der Waals surface area contributed by atoms with Crippen LogP contribution in [0.5, 0.6) is 0 Å². The molecule has 0 aromatic carbocycles. The molecule has 0 saturated carbocycles. The number of ether oxygens (including phenoxy) is 1. The van der Waals surface area contributed by atoms with Crippen LogP contribution in [0.25, 0.3) is 10.3 Å². The van der Waals surface area contributed by atoms with Crippen molar-refractivity contribution in [2.45, 2.75) is 19.9 Å². The zero-order valence-electron chi connectivity index (χ0n) is 9.84. The van der Waals surface area contributed by atoms with Gasteiger partial charge in [-0.3, -0.25) is 0 Å². The number of carbonyl (C=O) groups excluding carboxylic acids is 1. The molecule has 2 N–H and O–H groups in total. The van der Waals surface area contributed by atoms with E-state index in [0.717, 1.165) is 10.3 Å². The Morgan fingerprint density at radius 2 is 2.47 bits per heavy atom. The van der Waals surface area contributed by atoms with E-state index >= 15 is 0 Å². The number of hydrogen-bond acceptors (Lipinski definition) is 5. The molecule has 6 heteroatoms. The molecule has 0 aliphatic heterocycles. The van der Waals surface area contributed by atoms with Crippen LogP contribution in [0.1, 0.15) is 30.4 Å². The van der Waals surface area contributed by atoms with E-state index in [-0.39, 0.29) is 12.0 Å². The van der Waals surface area contributed by atoms with Gasteiger partial charge in [0.05, 0.1) is 16.8 Å². The van der Waals surface area contributed by atoms with Gasteiger partial charge in [0, 0.05) is 12.6 Å². The zero-order valence-corrected chi connectivity index (χ0v) is 10.7. The Bertz CT molecular complexity index is 532. The molecule has 2 rings (SSSR count). The Balaban J connectivity index is 2.53. The Kier molecular flexibility index (Phi) is 3.44. The first kappa shape index (κ1) is 12.1. The molecular formula is C11H15N3O2S. The summed E-state index contributed by atoms with van der Waals surface area (Å²) in [5.74, 6) is -0.321. The van der Waals surface area contributed by atoms with Gasteiger partial charge in [-0.2, -0.15) is 0 Å². The molecule has 0 aliphatic rings. The summed E-state index contributed by atoms with van der Waals surface area (Å²) < 4.78 is 7.87. The van der Waals surface area contributed by atoms with Gasteiger partial charge in [-0.05, 0) is 19.9 Å². The van der Waals surface area contributed by atoms with Crippen LogP contribution in [-0.4, -0.2) is 28.7 Å². The fourth-order valence-corrected chi connectivity index (χ4v) is 2.45. The molecule has 2 aromatic rings. The van der Waals surface area contributed by atoms with Crippen LogP contribution in [0.4, 0.5) is 0 Å². The first-order valence-electron chi connectivity index (χ1n) is 5.50. The van der Waals surface area contributed by atoms with Crippen molar-refractivity contribution in [2.75, 3.05) is 13.2 Å². The second-order valence-corrected chi connectivity index (χ2v) is 4.63. The summed E-state index contributed by atoms with van der Waals surface area (Å²) in [6.45, 7) is 4.56. The topological polar surface area (TPSA) is 70.1 Å². The molecule has 0 amide bonds. The Morgan fingerprint density at radius 1 is 1.71 bits per heavy atom. The van der Waals surface area contributed by atoms with Crippen LogP contribution in [0.3, 0.4) is 0 Å². The van der Waals surface area contributed by atoms with Crippen LogP contribution in [-0.2, 0) is 4.74 Å². The number of hydrogen-bond donors (Lipinski definition) is 1. The number of carbonyl (C=O) groups is 1. The first-order valence-corrected chi connectivity index (χ1v) is 6.38. The number of nitrogens with zero attached hydrogens (tertiary/aromatic N) is 2. The Morgan fingerprint density at radius 3 is 3.12 bits per heavy atom. The molecule has 0 radical (unpaired) electrons. The van der Waals surface area contributed by atoms with E-state index in [4.69, 9.17) is 10.5 Å². The van der Waals surface area contributed by atoms with Gasteiger partial charge in [-0.25, -0.2) is 9.78 Å². The summed E-state index contributed by atoms with van der Waals surface area (Å²) in [6, 6.07) is 1.84. The van der Waals surface area contributed by atoms with Gasteiger partial charge in [0.15, 0.2) is 5.65 Å². The molecule has 0 fully saturated rings. The van der Waals surface area contributed by atoms with E-state index in [9.17, 15) is 4.79 Å². The maximum atomic E-state index is 11.8. The third-order valence-corrected chi connectivity index (χ3v) is 3.36. The third kappa shape index (κ3) is 2.05. The number of rotatable bonds is 4. The molecule has 0 saturated heterocycles. The van der Waals surface area contributed by atoms with Gasteiger partial charge in [0.2, 0.25) is 0 Å². The molecule has 2 heterocycles. The van der Waals surface area contributed by atoms with Gasteiger partial charge in [-0.1, -0.05) is 0 Å². The fraction of sp³-hybridized carbons (Fsp3) is 0.455. The lowest BCUT2D eigenvalue weighted by atomic mass is 10.3. The second-order valence-electron chi connectivity index (χ2n) is 3.74. The van der Waals surface area contributed by atoms with E-state index in [1.54, 1.807) is 12.4 Å². The van der Waals surface area contributed by atoms with Gasteiger partial charge in [0.1, 0.15) is 5.69 Å². The monoisotopic (exact) mass is 253 g/mol. The molecule has 17 heavy (non-hydrogen) atoms. The summed E-state index contributed by atoms with van der Waals surface area (Å²) in [5.41, 5.74) is 8.76. The highest BCUT2D eigenvalue weighted by Gasteiger charge is 2.21. The van der Waals surface area contributed by atoms with Crippen molar-refractivity contribution in [1.82, 2.24) is 9.55 Å². The average Bonchev–Trinajstić information content (AvgIpc) is 2.87. The molecular weight excluding hydrogens is 238 g/mol. The first-order chi connectivity index (χ1) is 8.19. The van der Waals surface area contributed by atoms with E-state index in [1.165, 1.54) is 11.3 Å². The maximum absolute atomic E-state index is 11.8. The van der Waals surface area contributed by atoms with Gasteiger partial charge in [0.25, 0.3) is 0 Å². The van der Waals surface area contributed by atoms with Crippen LogP contribution in [0.2, 0.25) is 0 Å². The summed E-state index contributed by atoms with van der Waals surface area (Å²) in [6.07, 6.45) is 0. The minimum absolute atomic E-state index is 0.0222. The van der Waals surface area contributed by atoms with E-state index in [1.807, 2.05) is 17.6 Å². The fourth-order valence-electron chi connectivity index (χ4n) is 1.75. The molecule has 0 spiro atoms. The van der Waals surface area contributed by atoms with Crippen LogP contribution < -0.4 is 5.73 Å². The SMILES string of the molecule is CCOC(=O)c1cc2scnc2n1C(C)CN. The zero-order chi connectivity index (χ0) is 12.4. The highest BCUT2D eigenvalue weighted by Crippen LogP contribution is 2.26. The smallest absolute Gasteiger partial charge is 0.355 e. The largest absolute Gasteiger partial charge is 0.461 e. The highest BCUT2D eigenvalue weighted by atomic mass is 32.1. The van der Waals surface area contributed by atoms with Crippen LogP contribution in [0, 0.1) is 0 Å². The highest BCUT2D eigenvalue weighted by molar-refractivity contribution is 7.16. The number of esters is 1. The third-order valence-electron chi connectivity index (χ3n) is 2.60. The molecule has 92 valence electrons. The Labute approximate surface area is 103 Å². The van der Waals surface area contributed by atoms with Crippen molar-refractivity contribution in [3.8, 4) is 0 Å². The molecule has 1 atom stereocenters. The predicted molar refractivity (Wildman–Crippen MR) is 67.3 cm³/mol. The lowest BCUT2D eigenvalue weighted by Gasteiger charge is -2.14. The van der Waals surface area contributed by atoms with Crippen molar-refractivity contribution in [3.05, 3.63) is 17.3 Å². The average molecular weight is 253 g/mol. The normalized spacial score (nSPS) is 12.9. The van der Waals surface area contributed by atoms with Crippen LogP contribution in [0.15, 0.2) is 11.6 Å². The number of fused-ring (bicyclic) bond motifs is 1. The van der Waals surface area contributed by atoms with Crippen molar-refractivity contribution < 1.29 is 9.53 Å². The number of aromatic nitrogens is 2. The van der Waals surface area contributed by atoms with Gasteiger partial charge in [-0.15, -0.1) is 11.3 Å². The summed E-state index contributed by atoms with van der Waals surface area (Å²) in [5, 5.41) is 0. The number of nitrogens with two attached hydrogens (primary N) is 1. The maximum Gasteiger partial charge on any atom is 0.355 e. The van der Waals surface area contributed by atoms with Gasteiger partial charge >= 0.3 is 5.97 Å². The van der Waals surface area contributed by atoms with E-state index in [0.29, 0.717) is 18.8 Å². The number of thiazole rings is 1. The van der Waals surface area contributed by atoms with Crippen molar-refractivity contribution in [2.24, 2.45) is 5.73 Å². The van der Waals surface area contributed by atoms with Gasteiger partial charge < -0.3 is 15.0 Å². The van der Waals surface area contributed by atoms with Crippen molar-refractivity contribution >= 4 is 27.7 Å². The van der Waals surface area contributed by atoms with Crippen molar-refractivity contribution in [1.29, 1.82) is 0 Å². The lowest BCUT2D eigenvalue weighted by Crippen LogP contribution is -2.21. The minimum Gasteiger partial charge on any atom is -0.461 e. The molecule has 2 aromatic heterocycles. The molecule has 5 nitrogen and oxygen atoms in total. The van der Waals surface area contributed by atoms with Crippen LogP contribution >= 0.6 is 11.3 Å². The second kappa shape index (κ2) is 4.85. The molecule has 0 bridgehead atoms. The standard InChI is InChI=1S/C11H15N3O2S/c1-3-16-11(15)8-4-9-10(13-6-17-9)14(8)7(2)5-12/h4,6-7H,3,5,12H2,1-2H3. The lowest BCUT2D eigenvalue weighted by molar-refractivity contribution is 0.0512. The minimum atomic E-state index is -0.321. The van der Waals surface area contributed by atoms with E-state index in [2.05, 4.69) is 4.98 Å². The Hall–Kier alpha value is -1.40. The predicted octanol–water partition coefficient (Wildman–Crippen LogP) is 1.79.